The standard InChI is InChI=1S/C12H20BrN3/c1-4-14-8-6-5-7-12-11(13)9-15-16(12)10(2)3/h5,7,9-10,14H,4,6,8H2,1-3H3/b7-5+. The Hall–Kier alpha value is -0.610. The maximum atomic E-state index is 4.33. The molecule has 16 heavy (non-hydrogen) atoms. The van der Waals surface area contributed by atoms with Gasteiger partial charge in [0, 0.05) is 6.04 Å². The van der Waals surface area contributed by atoms with E-state index in [4.69, 9.17) is 0 Å². The van der Waals surface area contributed by atoms with Crippen LogP contribution in [0.3, 0.4) is 0 Å². The molecule has 0 atom stereocenters. The van der Waals surface area contributed by atoms with Gasteiger partial charge in [-0.15, -0.1) is 0 Å². The van der Waals surface area contributed by atoms with Gasteiger partial charge >= 0.3 is 0 Å². The van der Waals surface area contributed by atoms with Crippen LogP contribution in [0.25, 0.3) is 6.08 Å². The zero-order chi connectivity index (χ0) is 12.0. The maximum Gasteiger partial charge on any atom is 0.0752 e. The Morgan fingerprint density at radius 3 is 2.94 bits per heavy atom. The molecule has 0 aliphatic heterocycles. The van der Waals surface area contributed by atoms with E-state index in [0.717, 1.165) is 29.7 Å². The number of halogens is 1. The van der Waals surface area contributed by atoms with Gasteiger partial charge in [-0.25, -0.2) is 0 Å². The summed E-state index contributed by atoms with van der Waals surface area (Å²) in [5.74, 6) is 0. The quantitative estimate of drug-likeness (QED) is 0.814. The highest BCUT2D eigenvalue weighted by Crippen LogP contribution is 2.20. The van der Waals surface area contributed by atoms with Crippen LogP contribution in [0.5, 0.6) is 0 Å². The van der Waals surface area contributed by atoms with Gasteiger partial charge in [-0.2, -0.15) is 5.10 Å². The second-order valence-corrected chi connectivity index (χ2v) is 4.81. The van der Waals surface area contributed by atoms with Crippen LogP contribution in [-0.2, 0) is 0 Å². The summed E-state index contributed by atoms with van der Waals surface area (Å²) >= 11 is 3.52. The molecule has 1 N–H and O–H groups in total. The molecule has 0 radical (unpaired) electrons. The fraction of sp³-hybridized carbons (Fsp3) is 0.583. The fourth-order valence-electron chi connectivity index (χ4n) is 1.48. The van der Waals surface area contributed by atoms with E-state index in [1.807, 2.05) is 10.9 Å². The van der Waals surface area contributed by atoms with Gasteiger partial charge in [-0.1, -0.05) is 13.0 Å². The van der Waals surface area contributed by atoms with Crippen molar-refractivity contribution in [2.75, 3.05) is 13.1 Å². The van der Waals surface area contributed by atoms with Crippen molar-refractivity contribution < 1.29 is 0 Å². The summed E-state index contributed by atoms with van der Waals surface area (Å²) in [5, 5.41) is 7.63. The molecule has 4 heteroatoms. The third-order valence-corrected chi connectivity index (χ3v) is 2.90. The van der Waals surface area contributed by atoms with Crippen LogP contribution >= 0.6 is 15.9 Å². The van der Waals surface area contributed by atoms with E-state index in [0.29, 0.717) is 6.04 Å². The van der Waals surface area contributed by atoms with Crippen molar-refractivity contribution in [3.63, 3.8) is 0 Å². The summed E-state index contributed by atoms with van der Waals surface area (Å²) in [4.78, 5) is 0. The summed E-state index contributed by atoms with van der Waals surface area (Å²) in [5.41, 5.74) is 1.14. The van der Waals surface area contributed by atoms with E-state index in [9.17, 15) is 0 Å². The topological polar surface area (TPSA) is 29.9 Å². The molecule has 0 saturated carbocycles. The number of rotatable bonds is 6. The second-order valence-electron chi connectivity index (χ2n) is 3.96. The Kier molecular flexibility index (Phi) is 5.77. The minimum Gasteiger partial charge on any atom is -0.317 e. The minimum absolute atomic E-state index is 0.389. The van der Waals surface area contributed by atoms with Crippen molar-refractivity contribution in [2.24, 2.45) is 0 Å². The third kappa shape index (κ3) is 3.76. The predicted molar refractivity (Wildman–Crippen MR) is 72.5 cm³/mol. The zero-order valence-electron chi connectivity index (χ0n) is 10.2. The summed E-state index contributed by atoms with van der Waals surface area (Å²) in [6, 6.07) is 0.389. The molecule has 0 spiro atoms. The molecular weight excluding hydrogens is 266 g/mol. The number of nitrogens with one attached hydrogen (secondary N) is 1. The molecule has 0 amide bonds. The predicted octanol–water partition coefficient (Wildman–Crippen LogP) is 3.24. The molecule has 0 aliphatic carbocycles. The summed E-state index contributed by atoms with van der Waals surface area (Å²) < 4.78 is 3.08. The smallest absolute Gasteiger partial charge is 0.0752 e. The number of hydrogen-bond donors (Lipinski definition) is 1. The first kappa shape index (κ1) is 13.5. The lowest BCUT2D eigenvalue weighted by Crippen LogP contribution is -2.12. The molecule has 0 fully saturated rings. The van der Waals surface area contributed by atoms with Gasteiger partial charge in [0.25, 0.3) is 0 Å². The lowest BCUT2D eigenvalue weighted by atomic mass is 10.3. The van der Waals surface area contributed by atoms with E-state index < -0.39 is 0 Å². The third-order valence-electron chi connectivity index (χ3n) is 2.29. The highest BCUT2D eigenvalue weighted by molar-refractivity contribution is 9.10. The van der Waals surface area contributed by atoms with Gasteiger partial charge in [0.05, 0.1) is 16.4 Å². The maximum absolute atomic E-state index is 4.33. The van der Waals surface area contributed by atoms with Crippen LogP contribution in [0.15, 0.2) is 16.7 Å². The highest BCUT2D eigenvalue weighted by Gasteiger charge is 2.07. The molecule has 1 rings (SSSR count). The molecule has 0 bridgehead atoms. The summed E-state index contributed by atoms with van der Waals surface area (Å²) in [6.45, 7) is 8.45. The Bertz CT molecular complexity index is 342. The largest absolute Gasteiger partial charge is 0.317 e. The summed E-state index contributed by atoms with van der Waals surface area (Å²) in [7, 11) is 0. The second kappa shape index (κ2) is 6.86. The van der Waals surface area contributed by atoms with Crippen LogP contribution in [0.1, 0.15) is 38.9 Å². The Balaban J connectivity index is 2.61. The van der Waals surface area contributed by atoms with Gasteiger partial charge in [0.1, 0.15) is 0 Å². The van der Waals surface area contributed by atoms with Crippen LogP contribution < -0.4 is 5.32 Å². The molecule has 1 heterocycles. The average molecular weight is 286 g/mol. The average Bonchev–Trinajstić information content (AvgIpc) is 2.60. The molecule has 90 valence electrons. The lowest BCUT2D eigenvalue weighted by molar-refractivity contribution is 0.528. The van der Waals surface area contributed by atoms with E-state index in [1.54, 1.807) is 0 Å². The zero-order valence-corrected chi connectivity index (χ0v) is 11.8. The molecular formula is C12H20BrN3. The normalized spacial score (nSPS) is 11.8. The van der Waals surface area contributed by atoms with Gasteiger partial charge in [-0.3, -0.25) is 4.68 Å². The first-order valence-corrected chi connectivity index (χ1v) is 6.56. The van der Waals surface area contributed by atoms with Crippen molar-refractivity contribution in [3.8, 4) is 0 Å². The highest BCUT2D eigenvalue weighted by atomic mass is 79.9. The molecule has 0 aliphatic rings. The van der Waals surface area contributed by atoms with Crippen LogP contribution in [0.4, 0.5) is 0 Å². The van der Waals surface area contributed by atoms with Gasteiger partial charge in [0.15, 0.2) is 0 Å². The first-order chi connectivity index (χ1) is 7.66. The van der Waals surface area contributed by atoms with Gasteiger partial charge < -0.3 is 5.32 Å². The Labute approximate surface area is 106 Å². The molecule has 1 aromatic rings. The van der Waals surface area contributed by atoms with Crippen LogP contribution in [0, 0.1) is 0 Å². The van der Waals surface area contributed by atoms with Crippen molar-refractivity contribution in [1.29, 1.82) is 0 Å². The van der Waals surface area contributed by atoms with E-state index in [2.05, 4.69) is 59.3 Å². The van der Waals surface area contributed by atoms with E-state index in [1.165, 1.54) is 0 Å². The van der Waals surface area contributed by atoms with Crippen molar-refractivity contribution in [3.05, 3.63) is 22.4 Å². The van der Waals surface area contributed by atoms with E-state index >= 15 is 0 Å². The Morgan fingerprint density at radius 1 is 1.56 bits per heavy atom. The van der Waals surface area contributed by atoms with Crippen LogP contribution in [-0.4, -0.2) is 22.9 Å². The van der Waals surface area contributed by atoms with Crippen molar-refractivity contribution in [1.82, 2.24) is 15.1 Å². The SMILES string of the molecule is CCNCC/C=C/c1c(Br)cnn1C(C)C. The monoisotopic (exact) mass is 285 g/mol. The van der Waals surface area contributed by atoms with Crippen molar-refractivity contribution >= 4 is 22.0 Å². The molecule has 1 aromatic heterocycles. The number of hydrogen-bond acceptors (Lipinski definition) is 2. The first-order valence-electron chi connectivity index (χ1n) is 5.77. The molecule has 0 unspecified atom stereocenters. The van der Waals surface area contributed by atoms with Crippen molar-refractivity contribution in [2.45, 2.75) is 33.2 Å². The molecule has 3 nitrogen and oxygen atoms in total. The van der Waals surface area contributed by atoms with Gasteiger partial charge in [-0.05, 0) is 55.4 Å². The molecule has 0 saturated heterocycles. The van der Waals surface area contributed by atoms with E-state index in [-0.39, 0.29) is 0 Å². The number of nitrogens with zero attached hydrogens (tertiary/aromatic N) is 2. The molecule has 0 aromatic carbocycles. The van der Waals surface area contributed by atoms with Gasteiger partial charge in [0.2, 0.25) is 0 Å². The fourth-order valence-corrected chi connectivity index (χ4v) is 1.88. The minimum atomic E-state index is 0.389. The summed E-state index contributed by atoms with van der Waals surface area (Å²) in [6.07, 6.45) is 7.21. The lowest BCUT2D eigenvalue weighted by Gasteiger charge is -2.08. The van der Waals surface area contributed by atoms with Crippen LogP contribution in [0.2, 0.25) is 0 Å². The Morgan fingerprint density at radius 2 is 2.31 bits per heavy atom. The number of aromatic nitrogens is 2.